The van der Waals surface area contributed by atoms with E-state index in [1.807, 2.05) is 9.80 Å². The molecular weight excluding hydrogens is 190 g/mol. The van der Waals surface area contributed by atoms with Gasteiger partial charge in [0, 0.05) is 38.8 Å². The summed E-state index contributed by atoms with van der Waals surface area (Å²) in [4.78, 5) is 18.4. The number of rotatable bonds is 0. The lowest BCUT2D eigenvalue weighted by molar-refractivity contribution is 0.100. The number of hydrogen-bond donors (Lipinski definition) is 0. The van der Waals surface area contributed by atoms with Gasteiger partial charge >= 0.3 is 6.03 Å². The summed E-state index contributed by atoms with van der Waals surface area (Å²) >= 11 is 0. The highest BCUT2D eigenvalue weighted by Crippen LogP contribution is 2.14. The van der Waals surface area contributed by atoms with Crippen LogP contribution in [0.15, 0.2) is 0 Å². The van der Waals surface area contributed by atoms with Gasteiger partial charge in [-0.1, -0.05) is 0 Å². The third kappa shape index (κ3) is 2.25. The Morgan fingerprint density at radius 1 is 1.07 bits per heavy atom. The SMILES string of the molecule is CC1CN(C(=O)N2CCCC2)CCN1C. The molecule has 4 heteroatoms. The van der Waals surface area contributed by atoms with Crippen molar-refractivity contribution in [3.05, 3.63) is 0 Å². The number of urea groups is 1. The van der Waals surface area contributed by atoms with Gasteiger partial charge in [0.25, 0.3) is 0 Å². The number of carbonyl (C=O) groups is 1. The van der Waals surface area contributed by atoms with E-state index in [1.165, 1.54) is 12.8 Å². The van der Waals surface area contributed by atoms with Gasteiger partial charge in [-0.05, 0) is 26.8 Å². The normalized spacial score (nSPS) is 28.5. The van der Waals surface area contributed by atoms with Gasteiger partial charge in [-0.25, -0.2) is 4.79 Å². The Hall–Kier alpha value is -0.770. The number of likely N-dealkylation sites (N-methyl/N-ethyl adjacent to an activating group) is 1. The highest BCUT2D eigenvalue weighted by atomic mass is 16.2. The molecule has 0 aromatic rings. The van der Waals surface area contributed by atoms with Crippen LogP contribution in [0, 0.1) is 0 Å². The summed E-state index contributed by atoms with van der Waals surface area (Å²) in [6.45, 7) is 6.87. The van der Waals surface area contributed by atoms with Crippen molar-refractivity contribution in [2.45, 2.75) is 25.8 Å². The van der Waals surface area contributed by atoms with Gasteiger partial charge in [-0.3, -0.25) is 0 Å². The topological polar surface area (TPSA) is 26.8 Å². The molecule has 2 aliphatic heterocycles. The molecular formula is C11H21N3O. The first-order valence-corrected chi connectivity index (χ1v) is 5.92. The molecule has 1 unspecified atom stereocenters. The molecule has 2 heterocycles. The lowest BCUT2D eigenvalue weighted by Gasteiger charge is -2.39. The minimum Gasteiger partial charge on any atom is -0.325 e. The Bertz CT molecular complexity index is 238. The van der Waals surface area contributed by atoms with Crippen molar-refractivity contribution >= 4 is 6.03 Å². The second-order valence-electron chi connectivity index (χ2n) is 4.75. The summed E-state index contributed by atoms with van der Waals surface area (Å²) in [6.07, 6.45) is 2.35. The Labute approximate surface area is 91.8 Å². The van der Waals surface area contributed by atoms with Crippen molar-refractivity contribution in [3.63, 3.8) is 0 Å². The second-order valence-corrected chi connectivity index (χ2v) is 4.75. The average molecular weight is 211 g/mol. The second kappa shape index (κ2) is 4.39. The zero-order valence-corrected chi connectivity index (χ0v) is 9.78. The third-order valence-corrected chi connectivity index (χ3v) is 3.61. The molecule has 0 spiro atoms. The predicted octanol–water partition coefficient (Wildman–Crippen LogP) is 0.838. The number of hydrogen-bond acceptors (Lipinski definition) is 2. The Morgan fingerprint density at radius 2 is 1.73 bits per heavy atom. The minimum absolute atomic E-state index is 0.257. The lowest BCUT2D eigenvalue weighted by atomic mass is 10.2. The molecule has 0 bridgehead atoms. The highest BCUT2D eigenvalue weighted by Gasteiger charge is 2.28. The van der Waals surface area contributed by atoms with Gasteiger partial charge in [0.1, 0.15) is 0 Å². The van der Waals surface area contributed by atoms with Crippen LogP contribution in [0.2, 0.25) is 0 Å². The fourth-order valence-electron chi connectivity index (χ4n) is 2.33. The van der Waals surface area contributed by atoms with Crippen LogP contribution < -0.4 is 0 Å². The third-order valence-electron chi connectivity index (χ3n) is 3.61. The van der Waals surface area contributed by atoms with Crippen LogP contribution >= 0.6 is 0 Å². The lowest BCUT2D eigenvalue weighted by Crippen LogP contribution is -2.54. The van der Waals surface area contributed by atoms with E-state index >= 15 is 0 Å². The highest BCUT2D eigenvalue weighted by molar-refractivity contribution is 5.74. The van der Waals surface area contributed by atoms with E-state index in [0.29, 0.717) is 6.04 Å². The fourth-order valence-corrected chi connectivity index (χ4v) is 2.33. The smallest absolute Gasteiger partial charge is 0.320 e. The van der Waals surface area contributed by atoms with Crippen molar-refractivity contribution in [2.24, 2.45) is 0 Å². The van der Waals surface area contributed by atoms with E-state index in [4.69, 9.17) is 0 Å². The molecule has 1 atom stereocenters. The number of amides is 2. The quantitative estimate of drug-likeness (QED) is 0.593. The fraction of sp³-hybridized carbons (Fsp3) is 0.909. The molecule has 0 aromatic carbocycles. The molecule has 2 aliphatic rings. The first-order chi connectivity index (χ1) is 7.18. The molecule has 0 N–H and O–H groups in total. The van der Waals surface area contributed by atoms with Crippen LogP contribution in [0.1, 0.15) is 19.8 Å². The first kappa shape index (κ1) is 10.7. The Kier molecular flexibility index (Phi) is 3.14. The predicted molar refractivity (Wildman–Crippen MR) is 59.9 cm³/mol. The molecule has 0 saturated carbocycles. The molecule has 0 aliphatic carbocycles. The molecule has 86 valence electrons. The standard InChI is InChI=1S/C11H21N3O/c1-10-9-14(8-7-12(10)2)11(15)13-5-3-4-6-13/h10H,3-9H2,1-2H3. The molecule has 2 rings (SSSR count). The zero-order chi connectivity index (χ0) is 10.8. The zero-order valence-electron chi connectivity index (χ0n) is 9.78. The van der Waals surface area contributed by atoms with Gasteiger partial charge in [-0.15, -0.1) is 0 Å². The van der Waals surface area contributed by atoms with E-state index in [9.17, 15) is 4.79 Å². The van der Waals surface area contributed by atoms with Crippen molar-refractivity contribution < 1.29 is 4.79 Å². The monoisotopic (exact) mass is 211 g/mol. The van der Waals surface area contributed by atoms with E-state index in [1.54, 1.807) is 0 Å². The van der Waals surface area contributed by atoms with Crippen LogP contribution in [0.4, 0.5) is 4.79 Å². The molecule has 4 nitrogen and oxygen atoms in total. The molecule has 0 radical (unpaired) electrons. The summed E-state index contributed by atoms with van der Waals surface area (Å²) < 4.78 is 0. The first-order valence-electron chi connectivity index (χ1n) is 5.92. The number of piperazine rings is 1. The van der Waals surface area contributed by atoms with E-state index in [-0.39, 0.29) is 6.03 Å². The average Bonchev–Trinajstić information content (AvgIpc) is 2.74. The summed E-state index contributed by atoms with van der Waals surface area (Å²) in [5, 5.41) is 0. The van der Waals surface area contributed by atoms with Crippen molar-refractivity contribution in [3.8, 4) is 0 Å². The van der Waals surface area contributed by atoms with Crippen molar-refractivity contribution in [1.82, 2.24) is 14.7 Å². The van der Waals surface area contributed by atoms with Gasteiger partial charge in [-0.2, -0.15) is 0 Å². The largest absolute Gasteiger partial charge is 0.325 e. The number of carbonyl (C=O) groups excluding carboxylic acids is 1. The Morgan fingerprint density at radius 3 is 2.33 bits per heavy atom. The van der Waals surface area contributed by atoms with Gasteiger partial charge in [0.05, 0.1) is 0 Å². The molecule has 0 aromatic heterocycles. The van der Waals surface area contributed by atoms with Crippen LogP contribution in [0.3, 0.4) is 0 Å². The summed E-state index contributed by atoms with van der Waals surface area (Å²) in [5.74, 6) is 0. The summed E-state index contributed by atoms with van der Waals surface area (Å²) in [7, 11) is 2.13. The van der Waals surface area contributed by atoms with E-state index in [2.05, 4.69) is 18.9 Å². The maximum Gasteiger partial charge on any atom is 0.320 e. The molecule has 2 amide bonds. The maximum absolute atomic E-state index is 12.1. The molecule has 2 saturated heterocycles. The molecule has 2 fully saturated rings. The van der Waals surface area contributed by atoms with Crippen molar-refractivity contribution in [1.29, 1.82) is 0 Å². The van der Waals surface area contributed by atoms with Crippen LogP contribution in [-0.2, 0) is 0 Å². The van der Waals surface area contributed by atoms with Crippen LogP contribution in [0.5, 0.6) is 0 Å². The van der Waals surface area contributed by atoms with E-state index < -0.39 is 0 Å². The maximum atomic E-state index is 12.1. The Balaban J connectivity index is 1.90. The number of nitrogens with zero attached hydrogens (tertiary/aromatic N) is 3. The van der Waals surface area contributed by atoms with Crippen LogP contribution in [0.25, 0.3) is 0 Å². The van der Waals surface area contributed by atoms with Gasteiger partial charge in [0.2, 0.25) is 0 Å². The summed E-state index contributed by atoms with van der Waals surface area (Å²) in [6, 6.07) is 0.748. The molecule has 15 heavy (non-hydrogen) atoms. The minimum atomic E-state index is 0.257. The number of likely N-dealkylation sites (tertiary alicyclic amines) is 1. The van der Waals surface area contributed by atoms with Crippen molar-refractivity contribution in [2.75, 3.05) is 39.8 Å². The summed E-state index contributed by atoms with van der Waals surface area (Å²) in [5.41, 5.74) is 0. The van der Waals surface area contributed by atoms with E-state index in [0.717, 1.165) is 32.7 Å². The van der Waals surface area contributed by atoms with Crippen LogP contribution in [-0.4, -0.2) is 66.5 Å². The van der Waals surface area contributed by atoms with Gasteiger partial charge in [0.15, 0.2) is 0 Å². The van der Waals surface area contributed by atoms with Gasteiger partial charge < -0.3 is 14.7 Å².